The van der Waals surface area contributed by atoms with Gasteiger partial charge in [0.25, 0.3) is 0 Å². The van der Waals surface area contributed by atoms with E-state index in [1.54, 1.807) is 7.11 Å². The van der Waals surface area contributed by atoms with Gasteiger partial charge in [0.05, 0.1) is 22.8 Å². The number of methoxy groups -OCH3 is 1. The van der Waals surface area contributed by atoms with Crippen LogP contribution in [-0.4, -0.2) is 23.6 Å². The predicted octanol–water partition coefficient (Wildman–Crippen LogP) is 3.91. The van der Waals surface area contributed by atoms with Crippen molar-refractivity contribution in [3.8, 4) is 17.1 Å². The van der Waals surface area contributed by atoms with Crippen molar-refractivity contribution in [2.75, 3.05) is 19.0 Å². The van der Waals surface area contributed by atoms with Crippen LogP contribution in [0, 0.1) is 0 Å². The molecular formula is C15H18BrN3O. The van der Waals surface area contributed by atoms with E-state index in [-0.39, 0.29) is 0 Å². The molecule has 1 aromatic carbocycles. The Morgan fingerprint density at radius 3 is 2.60 bits per heavy atom. The maximum Gasteiger partial charge on any atom is 0.165 e. The van der Waals surface area contributed by atoms with Gasteiger partial charge in [-0.1, -0.05) is 19.1 Å². The molecule has 0 spiro atoms. The molecule has 1 heterocycles. The molecule has 0 aliphatic rings. The highest BCUT2D eigenvalue weighted by molar-refractivity contribution is 9.10. The van der Waals surface area contributed by atoms with E-state index in [9.17, 15) is 0 Å². The smallest absolute Gasteiger partial charge is 0.165 e. The third kappa shape index (κ3) is 2.93. The summed E-state index contributed by atoms with van der Waals surface area (Å²) in [5.74, 6) is 2.28. The van der Waals surface area contributed by atoms with Crippen molar-refractivity contribution in [3.63, 3.8) is 0 Å². The Bertz CT molecular complexity index is 602. The van der Waals surface area contributed by atoms with Crippen LogP contribution in [0.5, 0.6) is 5.75 Å². The molecule has 0 atom stereocenters. The summed E-state index contributed by atoms with van der Waals surface area (Å²) in [5.41, 5.74) is 1.88. The fraction of sp³-hybridized carbons (Fsp3) is 0.333. The second-order valence-corrected chi connectivity index (χ2v) is 5.03. The highest BCUT2D eigenvalue weighted by Crippen LogP contribution is 2.31. The predicted molar refractivity (Wildman–Crippen MR) is 85.3 cm³/mol. The normalized spacial score (nSPS) is 10.4. The maximum absolute atomic E-state index is 5.39. The second-order valence-electron chi connectivity index (χ2n) is 4.24. The lowest BCUT2D eigenvalue weighted by Crippen LogP contribution is -2.06. The molecule has 4 nitrogen and oxygen atoms in total. The van der Waals surface area contributed by atoms with Crippen LogP contribution in [0.15, 0.2) is 28.7 Å². The number of halogens is 1. The average molecular weight is 336 g/mol. The van der Waals surface area contributed by atoms with Crippen LogP contribution in [-0.2, 0) is 6.42 Å². The maximum atomic E-state index is 5.39. The number of aryl methyl sites for hydroxylation is 1. The molecule has 0 amide bonds. The number of benzene rings is 1. The van der Waals surface area contributed by atoms with E-state index in [4.69, 9.17) is 4.74 Å². The number of nitrogens with one attached hydrogen (secondary N) is 1. The molecule has 1 aromatic heterocycles. The lowest BCUT2D eigenvalue weighted by Gasteiger charge is -2.13. The van der Waals surface area contributed by atoms with Gasteiger partial charge in [-0.15, -0.1) is 0 Å². The third-order valence-electron chi connectivity index (χ3n) is 2.95. The number of hydrogen-bond donors (Lipinski definition) is 1. The van der Waals surface area contributed by atoms with Gasteiger partial charge in [0.15, 0.2) is 5.82 Å². The molecule has 0 saturated heterocycles. The monoisotopic (exact) mass is 335 g/mol. The zero-order valence-electron chi connectivity index (χ0n) is 11.9. The zero-order valence-corrected chi connectivity index (χ0v) is 13.5. The number of ether oxygens (including phenoxy) is 1. The van der Waals surface area contributed by atoms with Gasteiger partial charge in [-0.25, -0.2) is 9.97 Å². The van der Waals surface area contributed by atoms with E-state index >= 15 is 0 Å². The van der Waals surface area contributed by atoms with E-state index in [2.05, 4.69) is 38.1 Å². The van der Waals surface area contributed by atoms with E-state index in [0.29, 0.717) is 5.82 Å². The molecule has 1 N–H and O–H groups in total. The molecule has 0 fully saturated rings. The van der Waals surface area contributed by atoms with Crippen LogP contribution in [0.2, 0.25) is 0 Å². The van der Waals surface area contributed by atoms with Crippen LogP contribution in [0.1, 0.15) is 19.5 Å². The fourth-order valence-electron chi connectivity index (χ4n) is 1.96. The Kier molecular flexibility index (Phi) is 4.95. The minimum Gasteiger partial charge on any atom is -0.496 e. The van der Waals surface area contributed by atoms with Gasteiger partial charge in [-0.3, -0.25) is 0 Å². The quantitative estimate of drug-likeness (QED) is 0.899. The first-order valence-corrected chi connectivity index (χ1v) is 7.44. The number of hydrogen-bond acceptors (Lipinski definition) is 4. The summed E-state index contributed by atoms with van der Waals surface area (Å²) in [4.78, 5) is 9.23. The highest BCUT2D eigenvalue weighted by Gasteiger charge is 2.14. The van der Waals surface area contributed by atoms with Crippen LogP contribution >= 0.6 is 15.9 Å². The van der Waals surface area contributed by atoms with Gasteiger partial charge < -0.3 is 10.1 Å². The van der Waals surface area contributed by atoms with Crippen LogP contribution in [0.25, 0.3) is 11.4 Å². The summed E-state index contributed by atoms with van der Waals surface area (Å²) in [6.07, 6.45) is 0.837. The topological polar surface area (TPSA) is 47.0 Å². The first kappa shape index (κ1) is 14.8. The standard InChI is InChI=1S/C15H18BrN3O/c1-4-11-13(16)15(17-5-2)19-14(18-11)10-8-6-7-9-12(10)20-3/h6-9H,4-5H2,1-3H3,(H,17,18,19). The Labute approximate surface area is 127 Å². The van der Waals surface area contributed by atoms with Gasteiger partial charge in [0, 0.05) is 6.54 Å². The molecule has 106 valence electrons. The lowest BCUT2D eigenvalue weighted by atomic mass is 10.1. The molecular weight excluding hydrogens is 318 g/mol. The first-order valence-electron chi connectivity index (χ1n) is 6.64. The highest BCUT2D eigenvalue weighted by atomic mass is 79.9. The van der Waals surface area contributed by atoms with Crippen LogP contribution in [0.3, 0.4) is 0 Å². The SMILES string of the molecule is CCNc1nc(-c2ccccc2OC)nc(CC)c1Br. The van der Waals surface area contributed by atoms with Gasteiger partial charge in [0.1, 0.15) is 11.6 Å². The first-order chi connectivity index (χ1) is 9.71. The third-order valence-corrected chi connectivity index (χ3v) is 3.78. The molecule has 0 aliphatic carbocycles. The van der Waals surface area contributed by atoms with E-state index < -0.39 is 0 Å². The summed E-state index contributed by atoms with van der Waals surface area (Å²) in [6.45, 7) is 4.93. The van der Waals surface area contributed by atoms with Crippen LogP contribution < -0.4 is 10.1 Å². The summed E-state index contributed by atoms with van der Waals surface area (Å²) in [7, 11) is 1.66. The van der Waals surface area contributed by atoms with Gasteiger partial charge in [-0.2, -0.15) is 0 Å². The summed E-state index contributed by atoms with van der Waals surface area (Å²) in [5, 5.41) is 3.26. The summed E-state index contributed by atoms with van der Waals surface area (Å²) < 4.78 is 6.32. The van der Waals surface area contributed by atoms with E-state index in [1.807, 2.05) is 31.2 Å². The second kappa shape index (κ2) is 6.70. The Balaban J connectivity index is 2.59. The molecule has 20 heavy (non-hydrogen) atoms. The van der Waals surface area contributed by atoms with Crippen molar-refractivity contribution in [1.29, 1.82) is 0 Å². The summed E-state index contributed by atoms with van der Waals surface area (Å²) in [6, 6.07) is 7.78. The fourth-order valence-corrected chi connectivity index (χ4v) is 2.56. The van der Waals surface area contributed by atoms with Gasteiger partial charge in [-0.05, 0) is 41.4 Å². The van der Waals surface area contributed by atoms with Crippen molar-refractivity contribution in [2.45, 2.75) is 20.3 Å². The number of anilines is 1. The minimum atomic E-state index is 0.679. The Morgan fingerprint density at radius 2 is 1.95 bits per heavy atom. The largest absolute Gasteiger partial charge is 0.496 e. The molecule has 2 aromatic rings. The van der Waals surface area contributed by atoms with Crippen molar-refractivity contribution in [3.05, 3.63) is 34.4 Å². The van der Waals surface area contributed by atoms with Gasteiger partial charge in [0.2, 0.25) is 0 Å². The van der Waals surface area contributed by atoms with Crippen molar-refractivity contribution < 1.29 is 4.74 Å². The average Bonchev–Trinajstić information content (AvgIpc) is 2.49. The van der Waals surface area contributed by atoms with E-state index in [0.717, 1.165) is 40.3 Å². The molecule has 0 unspecified atom stereocenters. The molecule has 0 bridgehead atoms. The van der Waals surface area contributed by atoms with E-state index in [1.165, 1.54) is 0 Å². The van der Waals surface area contributed by atoms with Gasteiger partial charge >= 0.3 is 0 Å². The lowest BCUT2D eigenvalue weighted by molar-refractivity contribution is 0.416. The molecule has 0 aliphatic heterocycles. The van der Waals surface area contributed by atoms with Crippen molar-refractivity contribution in [1.82, 2.24) is 9.97 Å². The molecule has 0 radical (unpaired) electrons. The zero-order chi connectivity index (χ0) is 14.5. The van der Waals surface area contributed by atoms with Crippen LogP contribution in [0.4, 0.5) is 5.82 Å². The molecule has 2 rings (SSSR count). The number of rotatable bonds is 5. The minimum absolute atomic E-state index is 0.679. The number of para-hydroxylation sites is 1. The Hall–Kier alpha value is -1.62. The number of nitrogens with zero attached hydrogens (tertiary/aromatic N) is 2. The number of aromatic nitrogens is 2. The molecule has 5 heteroatoms. The molecule has 0 saturated carbocycles. The van der Waals surface area contributed by atoms with Crippen molar-refractivity contribution in [2.24, 2.45) is 0 Å². The van der Waals surface area contributed by atoms with Crippen molar-refractivity contribution >= 4 is 21.7 Å². The Morgan fingerprint density at radius 1 is 1.20 bits per heavy atom. The summed E-state index contributed by atoms with van der Waals surface area (Å²) >= 11 is 3.57.